The van der Waals surface area contributed by atoms with Gasteiger partial charge in [-0.15, -0.1) is 0 Å². The number of urea groups is 1. The van der Waals surface area contributed by atoms with Crippen molar-refractivity contribution in [2.75, 3.05) is 30.9 Å². The third-order valence-corrected chi connectivity index (χ3v) is 4.39. The van der Waals surface area contributed by atoms with E-state index in [1.54, 1.807) is 0 Å². The van der Waals surface area contributed by atoms with E-state index in [1.807, 2.05) is 50.2 Å². The summed E-state index contributed by atoms with van der Waals surface area (Å²) in [5, 5.41) is 15.3. The highest BCUT2D eigenvalue weighted by molar-refractivity contribution is 5.89. The average molecular weight is 291 g/mol. The minimum absolute atomic E-state index is 0.0311. The molecule has 5 heteroatoms. The minimum atomic E-state index is -0.209. The molecule has 116 valence electrons. The van der Waals surface area contributed by atoms with E-state index in [0.717, 1.165) is 30.6 Å². The molecule has 2 atom stereocenters. The maximum atomic E-state index is 12.1. The SMILES string of the molecule is CN(C)c1ccc(NC(=O)NC2CCCC2(C)CO)cc1. The predicted octanol–water partition coefficient (Wildman–Crippen LogP) is 2.43. The van der Waals surface area contributed by atoms with Crippen LogP contribution in [0.25, 0.3) is 0 Å². The van der Waals surface area contributed by atoms with E-state index in [4.69, 9.17) is 0 Å². The molecule has 1 aromatic rings. The number of rotatable bonds is 4. The van der Waals surface area contributed by atoms with Gasteiger partial charge in [0.15, 0.2) is 0 Å². The lowest BCUT2D eigenvalue weighted by Gasteiger charge is -2.30. The maximum Gasteiger partial charge on any atom is 0.319 e. The minimum Gasteiger partial charge on any atom is -0.396 e. The lowest BCUT2D eigenvalue weighted by molar-refractivity contribution is 0.122. The van der Waals surface area contributed by atoms with Crippen molar-refractivity contribution in [1.29, 1.82) is 0 Å². The molecular weight excluding hydrogens is 266 g/mol. The molecule has 0 bridgehead atoms. The van der Waals surface area contributed by atoms with Crippen LogP contribution in [-0.4, -0.2) is 37.9 Å². The monoisotopic (exact) mass is 291 g/mol. The van der Waals surface area contributed by atoms with Gasteiger partial charge in [-0.25, -0.2) is 4.79 Å². The molecule has 2 rings (SSSR count). The molecule has 2 unspecified atom stereocenters. The van der Waals surface area contributed by atoms with Crippen LogP contribution in [-0.2, 0) is 0 Å². The number of anilines is 2. The first kappa shape index (κ1) is 15.6. The van der Waals surface area contributed by atoms with Crippen molar-refractivity contribution >= 4 is 17.4 Å². The molecule has 0 aromatic heterocycles. The summed E-state index contributed by atoms with van der Waals surface area (Å²) in [6.45, 7) is 2.13. The number of nitrogens with one attached hydrogen (secondary N) is 2. The van der Waals surface area contributed by atoms with Gasteiger partial charge in [-0.1, -0.05) is 13.3 Å². The Hall–Kier alpha value is -1.75. The number of carbonyl (C=O) groups is 1. The van der Waals surface area contributed by atoms with Gasteiger partial charge in [-0.2, -0.15) is 0 Å². The number of benzene rings is 1. The Morgan fingerprint density at radius 2 is 2.05 bits per heavy atom. The van der Waals surface area contributed by atoms with Crippen molar-refractivity contribution in [3.63, 3.8) is 0 Å². The summed E-state index contributed by atoms with van der Waals surface area (Å²) in [6, 6.07) is 7.51. The zero-order valence-corrected chi connectivity index (χ0v) is 13.0. The average Bonchev–Trinajstić information content (AvgIpc) is 2.81. The molecule has 1 aliphatic carbocycles. The molecule has 0 heterocycles. The zero-order chi connectivity index (χ0) is 15.5. The van der Waals surface area contributed by atoms with Gasteiger partial charge < -0.3 is 20.6 Å². The number of amides is 2. The van der Waals surface area contributed by atoms with E-state index in [9.17, 15) is 9.90 Å². The van der Waals surface area contributed by atoms with Crippen LogP contribution in [0.2, 0.25) is 0 Å². The molecule has 2 amide bonds. The Morgan fingerprint density at radius 1 is 1.38 bits per heavy atom. The van der Waals surface area contributed by atoms with E-state index < -0.39 is 0 Å². The Kier molecular flexibility index (Phi) is 4.73. The molecule has 0 aliphatic heterocycles. The quantitative estimate of drug-likeness (QED) is 0.798. The van der Waals surface area contributed by atoms with Crippen molar-refractivity contribution in [2.45, 2.75) is 32.2 Å². The van der Waals surface area contributed by atoms with Gasteiger partial charge in [0.05, 0.1) is 6.61 Å². The number of carbonyl (C=O) groups excluding carboxylic acids is 1. The van der Waals surface area contributed by atoms with Crippen molar-refractivity contribution in [2.24, 2.45) is 5.41 Å². The van der Waals surface area contributed by atoms with Crippen molar-refractivity contribution in [1.82, 2.24) is 5.32 Å². The van der Waals surface area contributed by atoms with Crippen LogP contribution in [0, 0.1) is 5.41 Å². The third-order valence-electron chi connectivity index (χ3n) is 4.39. The van der Waals surface area contributed by atoms with Crippen LogP contribution in [0.1, 0.15) is 26.2 Å². The molecule has 3 N–H and O–H groups in total. The molecule has 0 spiro atoms. The lowest BCUT2D eigenvalue weighted by atomic mass is 9.86. The largest absolute Gasteiger partial charge is 0.396 e. The molecule has 1 aromatic carbocycles. The summed E-state index contributed by atoms with van der Waals surface area (Å²) in [6.07, 6.45) is 2.91. The highest BCUT2D eigenvalue weighted by Gasteiger charge is 2.39. The summed E-state index contributed by atoms with van der Waals surface area (Å²) >= 11 is 0. The van der Waals surface area contributed by atoms with Crippen molar-refractivity contribution < 1.29 is 9.90 Å². The van der Waals surface area contributed by atoms with Crippen LogP contribution in [0.3, 0.4) is 0 Å². The molecule has 1 saturated carbocycles. The van der Waals surface area contributed by atoms with Crippen molar-refractivity contribution in [3.8, 4) is 0 Å². The second kappa shape index (κ2) is 6.35. The fourth-order valence-electron chi connectivity index (χ4n) is 2.84. The summed E-state index contributed by atoms with van der Waals surface area (Å²) in [7, 11) is 3.95. The summed E-state index contributed by atoms with van der Waals surface area (Å²) in [4.78, 5) is 14.1. The highest BCUT2D eigenvalue weighted by Crippen LogP contribution is 2.37. The van der Waals surface area contributed by atoms with E-state index in [0.29, 0.717) is 0 Å². The van der Waals surface area contributed by atoms with Crippen LogP contribution in [0.5, 0.6) is 0 Å². The third kappa shape index (κ3) is 3.67. The van der Waals surface area contributed by atoms with Crippen LogP contribution < -0.4 is 15.5 Å². The van der Waals surface area contributed by atoms with E-state index in [2.05, 4.69) is 10.6 Å². The van der Waals surface area contributed by atoms with Gasteiger partial charge in [0.25, 0.3) is 0 Å². The first-order valence-electron chi connectivity index (χ1n) is 7.40. The van der Waals surface area contributed by atoms with E-state index >= 15 is 0 Å². The lowest BCUT2D eigenvalue weighted by Crippen LogP contribution is -2.46. The van der Waals surface area contributed by atoms with E-state index in [-0.39, 0.29) is 24.1 Å². The highest BCUT2D eigenvalue weighted by atomic mass is 16.3. The fraction of sp³-hybridized carbons (Fsp3) is 0.562. The number of hydrogen-bond acceptors (Lipinski definition) is 3. The molecule has 1 aliphatic rings. The van der Waals surface area contributed by atoms with Crippen LogP contribution >= 0.6 is 0 Å². The van der Waals surface area contributed by atoms with Crippen molar-refractivity contribution in [3.05, 3.63) is 24.3 Å². The predicted molar refractivity (Wildman–Crippen MR) is 85.8 cm³/mol. The Bertz CT molecular complexity index is 487. The van der Waals surface area contributed by atoms with Gasteiger partial charge >= 0.3 is 6.03 Å². The topological polar surface area (TPSA) is 64.6 Å². The first-order valence-corrected chi connectivity index (χ1v) is 7.40. The van der Waals surface area contributed by atoms with Gasteiger partial charge in [0, 0.05) is 36.9 Å². The summed E-state index contributed by atoms with van der Waals surface area (Å²) in [5.41, 5.74) is 1.65. The number of aliphatic hydroxyl groups excluding tert-OH is 1. The number of aliphatic hydroxyl groups is 1. The zero-order valence-electron chi connectivity index (χ0n) is 13.0. The van der Waals surface area contributed by atoms with Gasteiger partial charge in [0.1, 0.15) is 0 Å². The Morgan fingerprint density at radius 3 is 2.62 bits per heavy atom. The molecule has 0 radical (unpaired) electrons. The van der Waals surface area contributed by atoms with Gasteiger partial charge in [-0.3, -0.25) is 0 Å². The first-order chi connectivity index (χ1) is 9.94. The fourth-order valence-corrected chi connectivity index (χ4v) is 2.84. The Balaban J connectivity index is 1.92. The Labute approximate surface area is 126 Å². The molecule has 1 fully saturated rings. The van der Waals surface area contributed by atoms with E-state index in [1.165, 1.54) is 0 Å². The van der Waals surface area contributed by atoms with Gasteiger partial charge in [0.2, 0.25) is 0 Å². The maximum absolute atomic E-state index is 12.1. The molecule has 5 nitrogen and oxygen atoms in total. The second-order valence-electron chi connectivity index (χ2n) is 6.30. The second-order valence-corrected chi connectivity index (χ2v) is 6.30. The standard InChI is InChI=1S/C16H25N3O2/c1-16(11-20)10-4-5-14(16)18-15(21)17-12-6-8-13(9-7-12)19(2)3/h6-9,14,20H,4-5,10-11H2,1-3H3,(H2,17,18,21). The molecular formula is C16H25N3O2. The number of nitrogens with zero attached hydrogens (tertiary/aromatic N) is 1. The van der Waals surface area contributed by atoms with Gasteiger partial charge in [-0.05, 0) is 37.1 Å². The smallest absolute Gasteiger partial charge is 0.319 e. The normalized spacial score (nSPS) is 24.7. The summed E-state index contributed by atoms with van der Waals surface area (Å²) < 4.78 is 0. The van der Waals surface area contributed by atoms with Crippen LogP contribution in [0.4, 0.5) is 16.2 Å². The number of hydrogen-bond donors (Lipinski definition) is 3. The molecule has 21 heavy (non-hydrogen) atoms. The molecule has 0 saturated heterocycles. The van der Waals surface area contributed by atoms with Crippen LogP contribution in [0.15, 0.2) is 24.3 Å². The summed E-state index contributed by atoms with van der Waals surface area (Å²) in [5.74, 6) is 0.